The Kier molecular flexibility index (Phi) is 6.70. The average molecular weight is 378 g/mol. The second-order valence-electron chi connectivity index (χ2n) is 5.92. The summed E-state index contributed by atoms with van der Waals surface area (Å²) in [5, 5.41) is 31.4. The van der Waals surface area contributed by atoms with Crippen molar-refractivity contribution in [1.82, 2.24) is 5.32 Å². The molecule has 0 radical (unpaired) electrons. The monoisotopic (exact) mass is 378 g/mol. The first-order valence-corrected chi connectivity index (χ1v) is 8.19. The lowest BCUT2D eigenvalue weighted by Crippen LogP contribution is -2.99. The van der Waals surface area contributed by atoms with E-state index in [1.54, 1.807) is 19.9 Å². The van der Waals surface area contributed by atoms with Gasteiger partial charge in [-0.05, 0) is 19.4 Å². The number of quaternary nitrogens is 1. The third-order valence-electron chi connectivity index (χ3n) is 4.18. The predicted molar refractivity (Wildman–Crippen MR) is 93.6 cm³/mol. The van der Waals surface area contributed by atoms with Crippen LogP contribution in [0.2, 0.25) is 0 Å². The number of carbonyl (C=O) groups excluding carboxylic acids is 2. The summed E-state index contributed by atoms with van der Waals surface area (Å²) in [6.07, 6.45) is 0. The van der Waals surface area contributed by atoms with Crippen LogP contribution in [0.15, 0.2) is 46.8 Å². The molecular weight excluding hydrogens is 356 g/mol. The smallest absolute Gasteiger partial charge is 0.336 e. The van der Waals surface area contributed by atoms with Crippen molar-refractivity contribution in [3.8, 4) is 0 Å². The fourth-order valence-electron chi connectivity index (χ4n) is 3.05. The highest BCUT2D eigenvalue weighted by Crippen LogP contribution is 2.39. The highest BCUT2D eigenvalue weighted by Gasteiger charge is 2.38. The van der Waals surface area contributed by atoms with E-state index in [0.717, 1.165) is 0 Å². The summed E-state index contributed by atoms with van der Waals surface area (Å²) < 4.78 is 9.92. The highest BCUT2D eigenvalue weighted by molar-refractivity contribution is 5.99. The van der Waals surface area contributed by atoms with Gasteiger partial charge in [-0.3, -0.25) is 0 Å². The van der Waals surface area contributed by atoms with E-state index in [4.69, 9.17) is 14.6 Å². The molecule has 0 aromatic heterocycles. The highest BCUT2D eigenvalue weighted by atomic mass is 16.8. The van der Waals surface area contributed by atoms with Crippen molar-refractivity contribution in [2.75, 3.05) is 20.3 Å². The van der Waals surface area contributed by atoms with Crippen LogP contribution in [0.5, 0.6) is 0 Å². The van der Waals surface area contributed by atoms with Gasteiger partial charge in [-0.15, -0.1) is 0 Å². The normalized spacial score (nSPS) is 18.1. The molecule has 2 unspecified atom stereocenters. The van der Waals surface area contributed by atoms with Gasteiger partial charge in [-0.25, -0.2) is 14.8 Å². The van der Waals surface area contributed by atoms with Crippen molar-refractivity contribution in [3.63, 3.8) is 0 Å². The summed E-state index contributed by atoms with van der Waals surface area (Å²) >= 11 is 0. The number of nitrogens with one attached hydrogen (secondary N) is 2. The van der Waals surface area contributed by atoms with E-state index >= 15 is 0 Å². The minimum Gasteiger partial charge on any atom is -0.595 e. The molecule has 1 aliphatic heterocycles. The third-order valence-corrected chi connectivity index (χ3v) is 4.18. The molecule has 0 aliphatic carbocycles. The number of benzene rings is 1. The van der Waals surface area contributed by atoms with E-state index in [0.29, 0.717) is 17.0 Å². The Bertz CT molecular complexity index is 799. The van der Waals surface area contributed by atoms with Gasteiger partial charge in [-0.1, -0.05) is 12.1 Å². The van der Waals surface area contributed by atoms with Crippen LogP contribution in [0.4, 0.5) is 5.69 Å². The Labute approximate surface area is 156 Å². The number of carbonyl (C=O) groups is 2. The fraction of sp³-hybridized carbons (Fsp3) is 0.333. The molecule has 1 aliphatic rings. The van der Waals surface area contributed by atoms with E-state index in [1.165, 1.54) is 25.3 Å². The van der Waals surface area contributed by atoms with Gasteiger partial charge in [0.1, 0.15) is 6.61 Å². The van der Waals surface area contributed by atoms with Crippen LogP contribution in [0.1, 0.15) is 25.3 Å². The summed E-state index contributed by atoms with van der Waals surface area (Å²) in [6, 6.07) is 5.99. The standard InChI is InChI=1S/C18H22N2O7/c1-10-14(17(22)26-3)16(12-5-4-6-13(9-12)20(24)25)15(11(2)19-10)18(23)27-8-7-21/h4-6,9,16,19-21,24H,7-8H2,1-3H3. The van der Waals surface area contributed by atoms with E-state index < -0.39 is 23.1 Å². The molecule has 0 saturated carbocycles. The van der Waals surface area contributed by atoms with E-state index in [-0.39, 0.29) is 30.0 Å². The van der Waals surface area contributed by atoms with Gasteiger partial charge in [0.25, 0.3) is 0 Å². The zero-order valence-electron chi connectivity index (χ0n) is 15.2. The number of methoxy groups -OCH3 is 1. The van der Waals surface area contributed by atoms with Crippen molar-refractivity contribution in [1.29, 1.82) is 0 Å². The zero-order chi connectivity index (χ0) is 20.1. The van der Waals surface area contributed by atoms with Crippen molar-refractivity contribution < 1.29 is 34.6 Å². The molecule has 0 saturated heterocycles. The lowest BCUT2D eigenvalue weighted by molar-refractivity contribution is -0.991. The first kappa shape index (κ1) is 20.6. The van der Waals surface area contributed by atoms with Crippen molar-refractivity contribution in [2.24, 2.45) is 0 Å². The van der Waals surface area contributed by atoms with Gasteiger partial charge < -0.3 is 25.1 Å². The Morgan fingerprint density at radius 1 is 1.22 bits per heavy atom. The SMILES string of the molecule is COC(=O)C1=C(C)NC(C)=C(C(=O)OCCO)C1c1cccc([NH+]([O-])O)c1. The molecule has 2 atom stereocenters. The van der Waals surface area contributed by atoms with Crippen LogP contribution < -0.4 is 10.5 Å². The molecule has 2 rings (SSSR count). The Balaban J connectivity index is 2.64. The molecule has 1 heterocycles. The maximum atomic E-state index is 12.6. The number of esters is 2. The number of rotatable bonds is 6. The molecule has 1 aromatic carbocycles. The van der Waals surface area contributed by atoms with Gasteiger partial charge in [-0.2, -0.15) is 5.23 Å². The van der Waals surface area contributed by atoms with Crippen LogP contribution in [0.25, 0.3) is 0 Å². The number of ether oxygens (including phenoxy) is 2. The van der Waals surface area contributed by atoms with Gasteiger partial charge in [0, 0.05) is 23.5 Å². The van der Waals surface area contributed by atoms with Gasteiger partial charge >= 0.3 is 11.9 Å². The van der Waals surface area contributed by atoms with Gasteiger partial charge in [0.05, 0.1) is 30.8 Å². The van der Waals surface area contributed by atoms with Gasteiger partial charge in [0.2, 0.25) is 0 Å². The lowest BCUT2D eigenvalue weighted by Gasteiger charge is -2.30. The van der Waals surface area contributed by atoms with E-state index in [9.17, 15) is 20.0 Å². The maximum Gasteiger partial charge on any atom is 0.336 e. The molecule has 9 nitrogen and oxygen atoms in total. The maximum absolute atomic E-state index is 12.6. The quantitative estimate of drug-likeness (QED) is 0.403. The molecule has 9 heteroatoms. The molecule has 0 fully saturated rings. The topological polar surface area (TPSA) is 133 Å². The molecule has 0 bridgehead atoms. The molecule has 0 amide bonds. The third kappa shape index (κ3) is 4.34. The summed E-state index contributed by atoms with van der Waals surface area (Å²) in [5.41, 5.74) is 1.75. The second kappa shape index (κ2) is 8.78. The minimum absolute atomic E-state index is 0.0219. The largest absolute Gasteiger partial charge is 0.595 e. The Hall–Kier alpha value is -2.72. The summed E-state index contributed by atoms with van der Waals surface area (Å²) in [5.74, 6) is -2.23. The number of hydrogen-bond donors (Lipinski definition) is 4. The predicted octanol–water partition coefficient (Wildman–Crippen LogP) is 0.0333. The number of aliphatic hydroxyl groups excluding tert-OH is 1. The van der Waals surface area contributed by atoms with Crippen LogP contribution in [0, 0.1) is 5.21 Å². The zero-order valence-corrected chi connectivity index (χ0v) is 15.2. The van der Waals surface area contributed by atoms with Crippen molar-refractivity contribution in [3.05, 3.63) is 57.6 Å². The molecule has 27 heavy (non-hydrogen) atoms. The molecule has 0 spiro atoms. The van der Waals surface area contributed by atoms with Crippen molar-refractivity contribution >= 4 is 17.6 Å². The second-order valence-corrected chi connectivity index (χ2v) is 5.92. The van der Waals surface area contributed by atoms with Crippen LogP contribution in [-0.2, 0) is 19.1 Å². The van der Waals surface area contributed by atoms with Crippen molar-refractivity contribution in [2.45, 2.75) is 19.8 Å². The van der Waals surface area contributed by atoms with E-state index in [2.05, 4.69) is 5.32 Å². The number of dihydropyridines is 1. The first-order valence-electron chi connectivity index (χ1n) is 8.19. The Morgan fingerprint density at radius 2 is 1.85 bits per heavy atom. The lowest BCUT2D eigenvalue weighted by atomic mass is 9.80. The summed E-state index contributed by atoms with van der Waals surface area (Å²) in [4.78, 5) is 25.0. The number of aliphatic hydroxyl groups is 1. The molecule has 1 aromatic rings. The van der Waals surface area contributed by atoms with E-state index in [1.807, 2.05) is 0 Å². The van der Waals surface area contributed by atoms with Crippen LogP contribution in [0.3, 0.4) is 0 Å². The molecule has 146 valence electrons. The average Bonchev–Trinajstić information content (AvgIpc) is 2.64. The number of hydrogen-bond acceptors (Lipinski definition) is 8. The number of allylic oxidation sites excluding steroid dienone is 2. The fourth-order valence-corrected chi connectivity index (χ4v) is 3.05. The first-order chi connectivity index (χ1) is 12.8. The summed E-state index contributed by atoms with van der Waals surface area (Å²) in [7, 11) is 1.22. The molecule has 4 N–H and O–H groups in total. The minimum atomic E-state index is -1.13. The van der Waals surface area contributed by atoms with Gasteiger partial charge in [0.15, 0.2) is 5.69 Å². The summed E-state index contributed by atoms with van der Waals surface area (Å²) in [6.45, 7) is 2.78. The molecular formula is C18H22N2O7. The Morgan fingerprint density at radius 3 is 2.41 bits per heavy atom. The van der Waals surface area contributed by atoms with Crippen LogP contribution >= 0.6 is 0 Å². The van der Waals surface area contributed by atoms with Crippen LogP contribution in [-0.4, -0.2) is 42.6 Å².